The van der Waals surface area contributed by atoms with Crippen LogP contribution in [0.15, 0.2) is 42.9 Å². The highest BCUT2D eigenvalue weighted by atomic mass is 19.1. The zero-order chi connectivity index (χ0) is 31.9. The number of benzene rings is 1. The largest absolute Gasteiger partial charge is 0.384 e. The fourth-order valence-electron chi connectivity index (χ4n) is 7.22. The Balaban J connectivity index is 0.976. The van der Waals surface area contributed by atoms with Crippen LogP contribution in [0.4, 0.5) is 10.1 Å². The van der Waals surface area contributed by atoms with Gasteiger partial charge in [0.25, 0.3) is 11.8 Å². The number of hydrogen-bond donors (Lipinski definition) is 2. The standard InChI is InChI=1S/C34H34FN7O4/c1-17(2)40-11-10-22-30(37-15-24(35)31(22)40)23-16-41(39-29(23)19-6-7-19)20-12-18(13-20)14-36-25-5-3-4-21-28(25)34(46)42(33(21)45)26-8-9-27(43)38-32(26)44/h3-5,10-11,15-20,26,36H,6-9,12-14H2,1-2H3,(H,38,43,44). The average molecular weight is 624 g/mol. The van der Waals surface area contributed by atoms with Gasteiger partial charge in [-0.25, -0.2) is 4.39 Å². The van der Waals surface area contributed by atoms with Crippen molar-refractivity contribution in [1.29, 1.82) is 0 Å². The zero-order valence-corrected chi connectivity index (χ0v) is 25.6. The monoisotopic (exact) mass is 623 g/mol. The summed E-state index contributed by atoms with van der Waals surface area (Å²) >= 11 is 0. The third-order valence-corrected chi connectivity index (χ3v) is 9.87. The molecule has 4 aliphatic rings. The van der Waals surface area contributed by atoms with E-state index in [4.69, 9.17) is 5.10 Å². The van der Waals surface area contributed by atoms with Crippen molar-refractivity contribution in [2.45, 2.75) is 76.4 Å². The Morgan fingerprint density at radius 2 is 1.85 bits per heavy atom. The average Bonchev–Trinajstić information content (AvgIpc) is 3.49. The number of nitrogens with one attached hydrogen (secondary N) is 2. The fraction of sp³-hybridized carbons (Fsp3) is 0.412. The third kappa shape index (κ3) is 4.52. The van der Waals surface area contributed by atoms with E-state index in [0.29, 0.717) is 29.6 Å². The summed E-state index contributed by atoms with van der Waals surface area (Å²) in [7, 11) is 0. The van der Waals surface area contributed by atoms with Crippen molar-refractivity contribution in [2.24, 2.45) is 5.92 Å². The molecule has 0 bridgehead atoms. The predicted molar refractivity (Wildman–Crippen MR) is 167 cm³/mol. The maximum absolute atomic E-state index is 14.9. The van der Waals surface area contributed by atoms with Gasteiger partial charge in [-0.3, -0.25) is 39.1 Å². The molecular formula is C34H34FN7O4. The molecule has 2 aliphatic heterocycles. The lowest BCUT2D eigenvalue weighted by Crippen LogP contribution is -2.54. The number of piperidine rings is 1. The third-order valence-electron chi connectivity index (χ3n) is 9.87. The summed E-state index contributed by atoms with van der Waals surface area (Å²) in [6.45, 7) is 4.68. The molecule has 236 valence electrons. The number of nitrogens with zero attached hydrogens (tertiary/aromatic N) is 5. The number of amides is 4. The molecule has 1 unspecified atom stereocenters. The molecule has 8 rings (SSSR count). The number of hydrogen-bond acceptors (Lipinski definition) is 7. The molecule has 5 heterocycles. The van der Waals surface area contributed by atoms with Gasteiger partial charge >= 0.3 is 0 Å². The summed E-state index contributed by atoms with van der Waals surface area (Å²) < 4.78 is 18.9. The number of carbonyl (C=O) groups excluding carboxylic acids is 4. The van der Waals surface area contributed by atoms with E-state index >= 15 is 0 Å². The molecule has 46 heavy (non-hydrogen) atoms. The first kappa shape index (κ1) is 28.6. The van der Waals surface area contributed by atoms with Crippen molar-refractivity contribution in [3.05, 3.63) is 65.5 Å². The first-order chi connectivity index (χ1) is 22.2. The fourth-order valence-corrected chi connectivity index (χ4v) is 7.22. The number of carbonyl (C=O) groups is 4. The van der Waals surface area contributed by atoms with Gasteiger partial charge in [-0.1, -0.05) is 6.07 Å². The number of halogens is 1. The Morgan fingerprint density at radius 3 is 2.59 bits per heavy atom. The van der Waals surface area contributed by atoms with Crippen molar-refractivity contribution in [1.82, 2.24) is 29.5 Å². The Kier molecular flexibility index (Phi) is 6.59. The normalized spacial score (nSPS) is 22.9. The molecule has 4 amide bonds. The number of rotatable bonds is 8. The van der Waals surface area contributed by atoms with Crippen LogP contribution < -0.4 is 10.6 Å². The number of anilines is 1. The zero-order valence-electron chi connectivity index (χ0n) is 25.6. The predicted octanol–water partition coefficient (Wildman–Crippen LogP) is 4.96. The molecule has 1 saturated heterocycles. The van der Waals surface area contributed by atoms with E-state index < -0.39 is 29.7 Å². The first-order valence-corrected chi connectivity index (χ1v) is 16.0. The Morgan fingerprint density at radius 1 is 1.04 bits per heavy atom. The van der Waals surface area contributed by atoms with Crippen LogP contribution in [0.25, 0.3) is 22.2 Å². The molecule has 3 aromatic heterocycles. The van der Waals surface area contributed by atoms with Crippen LogP contribution in [-0.4, -0.2) is 60.4 Å². The molecule has 0 spiro atoms. The number of aromatic nitrogens is 4. The molecule has 0 radical (unpaired) electrons. The topological polar surface area (TPSA) is 131 Å². The minimum atomic E-state index is -0.999. The maximum atomic E-state index is 14.9. The Hall–Kier alpha value is -4.87. The minimum absolute atomic E-state index is 0.0774. The molecule has 1 atom stereocenters. The Bertz CT molecular complexity index is 1950. The van der Waals surface area contributed by atoms with Gasteiger partial charge in [0.15, 0.2) is 5.82 Å². The maximum Gasteiger partial charge on any atom is 0.264 e. The van der Waals surface area contributed by atoms with Gasteiger partial charge in [0.1, 0.15) is 6.04 Å². The molecule has 3 fully saturated rings. The smallest absolute Gasteiger partial charge is 0.264 e. The molecule has 2 N–H and O–H groups in total. The second kappa shape index (κ2) is 10.6. The molecule has 11 nitrogen and oxygen atoms in total. The van der Waals surface area contributed by atoms with Gasteiger partial charge in [0.05, 0.1) is 40.3 Å². The van der Waals surface area contributed by atoms with Crippen LogP contribution in [0.5, 0.6) is 0 Å². The molecule has 12 heteroatoms. The summed E-state index contributed by atoms with van der Waals surface area (Å²) in [6, 6.07) is 6.38. The molecule has 2 saturated carbocycles. The molecule has 4 aromatic rings. The van der Waals surface area contributed by atoms with E-state index in [1.165, 1.54) is 6.20 Å². The van der Waals surface area contributed by atoms with E-state index in [1.54, 1.807) is 18.2 Å². The number of pyridine rings is 1. The van der Waals surface area contributed by atoms with E-state index in [1.807, 2.05) is 30.7 Å². The molecule has 2 aliphatic carbocycles. The van der Waals surface area contributed by atoms with E-state index in [0.717, 1.165) is 52.9 Å². The SMILES string of the molecule is CC(C)n1ccc2c(-c3cn(C4CC(CNc5cccc6c5C(=O)N(C5CCC(=O)NC5=O)C6=O)C4)nc3C3CC3)ncc(F)c21. The van der Waals surface area contributed by atoms with Crippen LogP contribution in [-0.2, 0) is 9.59 Å². The summed E-state index contributed by atoms with van der Waals surface area (Å²) in [5.41, 5.74) is 4.42. The van der Waals surface area contributed by atoms with Crippen LogP contribution in [0, 0.1) is 11.7 Å². The van der Waals surface area contributed by atoms with Crippen LogP contribution in [0.2, 0.25) is 0 Å². The van der Waals surface area contributed by atoms with E-state index in [9.17, 15) is 23.6 Å². The lowest BCUT2D eigenvalue weighted by molar-refractivity contribution is -0.136. The summed E-state index contributed by atoms with van der Waals surface area (Å²) in [5.74, 6) is -1.67. The highest BCUT2D eigenvalue weighted by Gasteiger charge is 2.46. The van der Waals surface area contributed by atoms with Crippen LogP contribution >= 0.6 is 0 Å². The first-order valence-electron chi connectivity index (χ1n) is 16.0. The van der Waals surface area contributed by atoms with Gasteiger partial charge < -0.3 is 9.88 Å². The van der Waals surface area contributed by atoms with E-state index in [2.05, 4.69) is 26.5 Å². The van der Waals surface area contributed by atoms with Crippen LogP contribution in [0.1, 0.15) is 96.8 Å². The lowest BCUT2D eigenvalue weighted by atomic mass is 9.80. The van der Waals surface area contributed by atoms with E-state index in [-0.39, 0.29) is 41.9 Å². The van der Waals surface area contributed by atoms with Crippen molar-refractivity contribution < 1.29 is 23.6 Å². The highest BCUT2D eigenvalue weighted by molar-refractivity contribution is 6.25. The van der Waals surface area contributed by atoms with Crippen LogP contribution in [0.3, 0.4) is 0 Å². The van der Waals surface area contributed by atoms with Crippen molar-refractivity contribution in [3.63, 3.8) is 0 Å². The second-order valence-corrected chi connectivity index (χ2v) is 13.3. The van der Waals surface area contributed by atoms with Crippen molar-refractivity contribution in [3.8, 4) is 11.3 Å². The number of imide groups is 2. The molecular weight excluding hydrogens is 589 g/mol. The minimum Gasteiger partial charge on any atom is -0.384 e. The molecule has 1 aromatic carbocycles. The summed E-state index contributed by atoms with van der Waals surface area (Å²) in [4.78, 5) is 56.2. The van der Waals surface area contributed by atoms with Gasteiger partial charge in [0.2, 0.25) is 11.8 Å². The number of fused-ring (bicyclic) bond motifs is 2. The second-order valence-electron chi connectivity index (χ2n) is 13.3. The van der Waals surface area contributed by atoms with Gasteiger partial charge in [-0.2, -0.15) is 5.10 Å². The van der Waals surface area contributed by atoms with Crippen molar-refractivity contribution >= 4 is 40.2 Å². The lowest BCUT2D eigenvalue weighted by Gasteiger charge is -2.35. The van der Waals surface area contributed by atoms with Gasteiger partial charge in [-0.05, 0) is 70.1 Å². The quantitative estimate of drug-likeness (QED) is 0.265. The van der Waals surface area contributed by atoms with Crippen molar-refractivity contribution in [2.75, 3.05) is 11.9 Å². The van der Waals surface area contributed by atoms with Gasteiger partial charge in [-0.15, -0.1) is 0 Å². The summed E-state index contributed by atoms with van der Waals surface area (Å²) in [5, 5.41) is 11.5. The Labute approximate surface area is 264 Å². The summed E-state index contributed by atoms with van der Waals surface area (Å²) in [6.07, 6.45) is 9.46. The van der Waals surface area contributed by atoms with Gasteiger partial charge in [0, 0.05) is 54.0 Å². The highest BCUT2D eigenvalue weighted by Crippen LogP contribution is 2.47.